The molecule has 2 N–H and O–H groups in total. The number of methoxy groups -OCH3 is 1. The van der Waals surface area contributed by atoms with Gasteiger partial charge in [0.25, 0.3) is 0 Å². The number of carbonyl (C=O) groups excluding carboxylic acids is 1. The monoisotopic (exact) mass is 456 g/mol. The van der Waals surface area contributed by atoms with E-state index >= 15 is 0 Å². The van der Waals surface area contributed by atoms with Gasteiger partial charge in [-0.25, -0.2) is 14.5 Å². The number of amides is 1. The molecule has 8 nitrogen and oxygen atoms in total. The highest BCUT2D eigenvalue weighted by molar-refractivity contribution is 5.89. The zero-order valence-corrected chi connectivity index (χ0v) is 17.9. The van der Waals surface area contributed by atoms with Crippen molar-refractivity contribution in [2.75, 3.05) is 17.7 Å². The largest absolute Gasteiger partial charge is 0.495 e. The summed E-state index contributed by atoms with van der Waals surface area (Å²) >= 11 is 0. The quantitative estimate of drug-likeness (QED) is 0.447. The third-order valence-electron chi connectivity index (χ3n) is 4.79. The van der Waals surface area contributed by atoms with Crippen molar-refractivity contribution in [3.63, 3.8) is 0 Å². The number of nitrogens with zero attached hydrogens (tertiary/aromatic N) is 4. The number of nitrogens with one attached hydrogen (secondary N) is 2. The summed E-state index contributed by atoms with van der Waals surface area (Å²) in [5, 5.41) is 10.1. The highest BCUT2D eigenvalue weighted by Gasteiger charge is 2.31. The highest BCUT2D eigenvalue weighted by atomic mass is 19.4. The predicted octanol–water partition coefficient (Wildman–Crippen LogP) is 4.83. The number of fused-ring (bicyclic) bond motifs is 1. The molecule has 0 unspecified atom stereocenters. The van der Waals surface area contributed by atoms with E-state index in [1.807, 2.05) is 0 Å². The van der Waals surface area contributed by atoms with Gasteiger partial charge in [0.2, 0.25) is 11.9 Å². The van der Waals surface area contributed by atoms with E-state index in [-0.39, 0.29) is 23.2 Å². The van der Waals surface area contributed by atoms with Crippen molar-refractivity contribution in [3.05, 3.63) is 59.9 Å². The van der Waals surface area contributed by atoms with Gasteiger partial charge in [-0.2, -0.15) is 13.2 Å². The fourth-order valence-corrected chi connectivity index (χ4v) is 3.31. The van der Waals surface area contributed by atoms with E-state index in [0.29, 0.717) is 28.3 Å². The number of imidazole rings is 1. The first-order valence-electron chi connectivity index (χ1n) is 9.78. The van der Waals surface area contributed by atoms with Crippen LogP contribution in [0.15, 0.2) is 48.7 Å². The molecule has 0 aliphatic carbocycles. The summed E-state index contributed by atoms with van der Waals surface area (Å²) in [6.07, 6.45) is -2.95. The van der Waals surface area contributed by atoms with E-state index in [9.17, 15) is 18.0 Å². The smallest absolute Gasteiger partial charge is 0.416 e. The first-order chi connectivity index (χ1) is 15.7. The van der Waals surface area contributed by atoms with Crippen molar-refractivity contribution in [3.8, 4) is 17.1 Å². The molecular formula is C22H19F3N6O2. The fourth-order valence-electron chi connectivity index (χ4n) is 3.31. The lowest BCUT2D eigenvalue weighted by molar-refractivity contribution is -0.137. The van der Waals surface area contributed by atoms with Gasteiger partial charge in [0, 0.05) is 18.2 Å². The molecule has 11 heteroatoms. The Labute approximate surface area is 186 Å². The van der Waals surface area contributed by atoms with Crippen molar-refractivity contribution < 1.29 is 22.7 Å². The standard InChI is InChI=1S/C22H19F3N6O2/c1-12-18-11-26-21(29-17-10-16(28-13(2)32)7-8-19(17)33-3)30-31(18)20(27-12)14-5-4-6-15(9-14)22(23,24)25/h4-11H,1-3H3,(H,28,32)(H,29,30). The second-order valence-electron chi connectivity index (χ2n) is 7.20. The van der Waals surface area contributed by atoms with Crippen molar-refractivity contribution >= 4 is 28.7 Å². The Hall–Kier alpha value is -4.15. The second kappa shape index (κ2) is 8.41. The molecule has 2 heterocycles. The van der Waals surface area contributed by atoms with Crippen LogP contribution < -0.4 is 15.4 Å². The molecule has 0 saturated heterocycles. The molecule has 0 aliphatic rings. The average Bonchev–Trinajstić information content (AvgIpc) is 3.09. The molecule has 0 fully saturated rings. The van der Waals surface area contributed by atoms with E-state index in [2.05, 4.69) is 25.7 Å². The van der Waals surface area contributed by atoms with Gasteiger partial charge in [-0.1, -0.05) is 12.1 Å². The molecule has 2 aromatic heterocycles. The van der Waals surface area contributed by atoms with E-state index in [0.717, 1.165) is 12.1 Å². The SMILES string of the molecule is COc1ccc(NC(C)=O)cc1Nc1ncc2c(C)nc(-c3cccc(C(F)(F)F)c3)n2n1. The second-order valence-corrected chi connectivity index (χ2v) is 7.20. The van der Waals surface area contributed by atoms with E-state index in [4.69, 9.17) is 4.74 Å². The number of halogens is 3. The van der Waals surface area contributed by atoms with Crippen molar-refractivity contribution in [2.24, 2.45) is 0 Å². The van der Waals surface area contributed by atoms with Gasteiger partial charge in [0.05, 0.1) is 30.3 Å². The minimum atomic E-state index is -4.48. The van der Waals surface area contributed by atoms with Crippen LogP contribution in [0.25, 0.3) is 16.9 Å². The van der Waals surface area contributed by atoms with Crippen LogP contribution in [0.5, 0.6) is 5.75 Å². The first kappa shape index (κ1) is 22.1. The number of hydrogen-bond donors (Lipinski definition) is 2. The Bertz CT molecular complexity index is 1350. The summed E-state index contributed by atoms with van der Waals surface area (Å²) in [4.78, 5) is 20.1. The minimum absolute atomic E-state index is 0.159. The number of rotatable bonds is 5. The number of anilines is 3. The number of benzene rings is 2. The number of ether oxygens (including phenoxy) is 1. The molecular weight excluding hydrogens is 437 g/mol. The number of alkyl halides is 3. The minimum Gasteiger partial charge on any atom is -0.495 e. The van der Waals surface area contributed by atoms with Gasteiger partial charge in [-0.15, -0.1) is 5.10 Å². The third kappa shape index (κ3) is 4.56. The first-order valence-corrected chi connectivity index (χ1v) is 9.78. The summed E-state index contributed by atoms with van der Waals surface area (Å²) in [5.41, 5.74) is 1.63. The third-order valence-corrected chi connectivity index (χ3v) is 4.79. The molecule has 1 amide bonds. The lowest BCUT2D eigenvalue weighted by Crippen LogP contribution is -2.08. The molecule has 4 aromatic rings. The Morgan fingerprint density at radius 2 is 1.94 bits per heavy atom. The summed E-state index contributed by atoms with van der Waals surface area (Å²) < 4.78 is 46.4. The highest BCUT2D eigenvalue weighted by Crippen LogP contribution is 2.33. The summed E-state index contributed by atoms with van der Waals surface area (Å²) in [6.45, 7) is 3.12. The maximum atomic E-state index is 13.2. The Morgan fingerprint density at radius 3 is 2.64 bits per heavy atom. The van der Waals surface area contributed by atoms with Gasteiger partial charge in [0.1, 0.15) is 11.3 Å². The summed E-state index contributed by atoms with van der Waals surface area (Å²) in [5.74, 6) is 0.653. The molecule has 0 atom stereocenters. The van der Waals surface area contributed by atoms with Crippen LogP contribution in [-0.4, -0.2) is 32.6 Å². The molecule has 2 aromatic carbocycles. The van der Waals surface area contributed by atoms with E-state index < -0.39 is 11.7 Å². The van der Waals surface area contributed by atoms with Crippen LogP contribution in [0.2, 0.25) is 0 Å². The fraction of sp³-hybridized carbons (Fsp3) is 0.182. The lowest BCUT2D eigenvalue weighted by atomic mass is 10.1. The van der Waals surface area contributed by atoms with Crippen molar-refractivity contribution in [2.45, 2.75) is 20.0 Å². The molecule has 4 rings (SSSR count). The molecule has 0 spiro atoms. The molecule has 0 saturated carbocycles. The van der Waals surface area contributed by atoms with Crippen LogP contribution in [0, 0.1) is 6.92 Å². The Kier molecular flexibility index (Phi) is 5.62. The van der Waals surface area contributed by atoms with Crippen LogP contribution in [0.1, 0.15) is 18.2 Å². The van der Waals surface area contributed by atoms with Crippen molar-refractivity contribution in [1.82, 2.24) is 19.6 Å². The molecule has 0 aliphatic heterocycles. The summed E-state index contributed by atoms with van der Waals surface area (Å²) in [6, 6.07) is 9.90. The zero-order chi connectivity index (χ0) is 23.8. The van der Waals surface area contributed by atoms with Crippen LogP contribution >= 0.6 is 0 Å². The maximum Gasteiger partial charge on any atom is 0.416 e. The Morgan fingerprint density at radius 1 is 1.15 bits per heavy atom. The Balaban J connectivity index is 1.76. The summed E-state index contributed by atoms with van der Waals surface area (Å²) in [7, 11) is 1.49. The van der Waals surface area contributed by atoms with Crippen LogP contribution in [0.3, 0.4) is 0 Å². The number of hydrogen-bond acceptors (Lipinski definition) is 6. The lowest BCUT2D eigenvalue weighted by Gasteiger charge is -2.12. The van der Waals surface area contributed by atoms with Gasteiger partial charge in [0.15, 0.2) is 5.82 Å². The number of aromatic nitrogens is 4. The maximum absolute atomic E-state index is 13.2. The van der Waals surface area contributed by atoms with Gasteiger partial charge in [-0.05, 0) is 37.3 Å². The molecule has 0 bridgehead atoms. The zero-order valence-electron chi connectivity index (χ0n) is 17.9. The van der Waals surface area contributed by atoms with Gasteiger partial charge >= 0.3 is 6.18 Å². The topological polar surface area (TPSA) is 93.4 Å². The molecule has 170 valence electrons. The van der Waals surface area contributed by atoms with Crippen LogP contribution in [0.4, 0.5) is 30.5 Å². The van der Waals surface area contributed by atoms with Gasteiger partial charge in [-0.3, -0.25) is 4.79 Å². The van der Waals surface area contributed by atoms with E-state index in [1.165, 1.54) is 30.8 Å². The van der Waals surface area contributed by atoms with Crippen LogP contribution in [-0.2, 0) is 11.0 Å². The number of aryl methyl sites for hydroxylation is 1. The molecule has 33 heavy (non-hydrogen) atoms. The van der Waals surface area contributed by atoms with E-state index in [1.54, 1.807) is 31.2 Å². The average molecular weight is 456 g/mol. The van der Waals surface area contributed by atoms with Gasteiger partial charge < -0.3 is 15.4 Å². The van der Waals surface area contributed by atoms with Crippen molar-refractivity contribution in [1.29, 1.82) is 0 Å². The number of carbonyl (C=O) groups is 1. The molecule has 0 radical (unpaired) electrons. The predicted molar refractivity (Wildman–Crippen MR) is 117 cm³/mol. The normalized spacial score (nSPS) is 11.5.